The van der Waals surface area contributed by atoms with Gasteiger partial charge in [-0.2, -0.15) is 0 Å². The Morgan fingerprint density at radius 3 is 2.56 bits per heavy atom. The van der Waals surface area contributed by atoms with Crippen LogP contribution in [0.4, 0.5) is 5.13 Å². The quantitative estimate of drug-likeness (QED) is 0.138. The molecule has 0 fully saturated rings. The summed E-state index contributed by atoms with van der Waals surface area (Å²) in [6.07, 6.45) is 1.95. The molecule has 8 nitrogen and oxygen atoms in total. The summed E-state index contributed by atoms with van der Waals surface area (Å²) in [5, 5.41) is 12.3. The van der Waals surface area contributed by atoms with Crippen LogP contribution >= 0.6 is 11.3 Å². The number of fused-ring (bicyclic) bond motifs is 2. The summed E-state index contributed by atoms with van der Waals surface area (Å²) in [4.78, 5) is 33.6. The maximum Gasteiger partial charge on any atom is 0.296 e. The summed E-state index contributed by atoms with van der Waals surface area (Å²) >= 11 is 1.29. The second kappa shape index (κ2) is 11.1. The largest absolute Gasteiger partial charge is 0.503 e. The minimum atomic E-state index is -0.931. The third-order valence-electron chi connectivity index (χ3n) is 6.93. The summed E-state index contributed by atoms with van der Waals surface area (Å²) in [6.45, 7) is 5.12. The number of aliphatic hydroxyl groups excluding tert-OH is 1. The fourth-order valence-corrected chi connectivity index (χ4v) is 5.93. The molecule has 1 N–H and O–H groups in total. The minimum absolute atomic E-state index is 0.0394. The van der Waals surface area contributed by atoms with Gasteiger partial charge in [0.25, 0.3) is 5.91 Å². The molecular formula is C32H28N2O6S. The first kappa shape index (κ1) is 26.6. The molecule has 1 aliphatic heterocycles. The van der Waals surface area contributed by atoms with E-state index in [0.717, 1.165) is 22.9 Å². The van der Waals surface area contributed by atoms with Crippen molar-refractivity contribution in [1.29, 1.82) is 0 Å². The Bertz CT molecular complexity index is 1750. The van der Waals surface area contributed by atoms with Gasteiger partial charge in [0.2, 0.25) is 5.78 Å². The van der Waals surface area contributed by atoms with Gasteiger partial charge < -0.3 is 19.0 Å². The number of carbonyl (C=O) groups is 2. The van der Waals surface area contributed by atoms with Crippen LogP contribution < -0.4 is 14.4 Å². The third kappa shape index (κ3) is 4.93. The van der Waals surface area contributed by atoms with E-state index < -0.39 is 23.5 Å². The zero-order valence-corrected chi connectivity index (χ0v) is 23.4. The number of carbonyl (C=O) groups excluding carboxylic acids is 2. The number of rotatable bonds is 10. The molecule has 0 aliphatic carbocycles. The maximum atomic E-state index is 13.9. The summed E-state index contributed by atoms with van der Waals surface area (Å²) in [5.41, 5.74) is 1.77. The Hall–Kier alpha value is -4.63. The number of furan rings is 1. The molecule has 0 saturated heterocycles. The minimum Gasteiger partial charge on any atom is -0.503 e. The average Bonchev–Trinajstić information content (AvgIpc) is 3.67. The Morgan fingerprint density at radius 1 is 1.02 bits per heavy atom. The van der Waals surface area contributed by atoms with Gasteiger partial charge >= 0.3 is 0 Å². The molecule has 5 aromatic rings. The van der Waals surface area contributed by atoms with Crippen molar-refractivity contribution >= 4 is 49.3 Å². The summed E-state index contributed by atoms with van der Waals surface area (Å²) in [7, 11) is 0. The highest BCUT2D eigenvalue weighted by Gasteiger charge is 2.46. The van der Waals surface area contributed by atoms with Gasteiger partial charge in [-0.3, -0.25) is 14.5 Å². The van der Waals surface area contributed by atoms with E-state index in [1.54, 1.807) is 36.4 Å². The molecular weight excluding hydrogens is 540 g/mol. The number of para-hydroxylation sites is 1. The molecule has 0 bridgehead atoms. The number of Topliss-reactive ketones (excluding diaryl/α,β-unsaturated/α-hetero) is 1. The van der Waals surface area contributed by atoms with E-state index in [2.05, 4.69) is 6.92 Å². The van der Waals surface area contributed by atoms with Gasteiger partial charge in [0.1, 0.15) is 17.1 Å². The van der Waals surface area contributed by atoms with Crippen molar-refractivity contribution in [3.05, 3.63) is 95.5 Å². The van der Waals surface area contributed by atoms with Crippen molar-refractivity contribution in [3.8, 4) is 11.5 Å². The van der Waals surface area contributed by atoms with Crippen LogP contribution in [-0.4, -0.2) is 35.0 Å². The molecule has 0 saturated carbocycles. The third-order valence-corrected chi connectivity index (χ3v) is 7.95. The summed E-state index contributed by atoms with van der Waals surface area (Å²) in [6, 6.07) is 20.7. The maximum absolute atomic E-state index is 13.9. The number of aromatic nitrogens is 1. The highest BCUT2D eigenvalue weighted by Crippen LogP contribution is 2.45. The fourth-order valence-electron chi connectivity index (χ4n) is 4.91. The molecule has 41 heavy (non-hydrogen) atoms. The number of ketones is 1. The number of anilines is 1. The van der Waals surface area contributed by atoms with E-state index in [1.165, 1.54) is 16.2 Å². The Morgan fingerprint density at radius 2 is 1.80 bits per heavy atom. The zero-order chi connectivity index (χ0) is 28.5. The first-order valence-electron chi connectivity index (χ1n) is 13.5. The number of amides is 1. The summed E-state index contributed by atoms with van der Waals surface area (Å²) in [5.74, 6) is -0.486. The topological polar surface area (TPSA) is 102 Å². The highest BCUT2D eigenvalue weighted by molar-refractivity contribution is 7.22. The lowest BCUT2D eigenvalue weighted by Crippen LogP contribution is -2.30. The second-order valence-electron chi connectivity index (χ2n) is 9.65. The molecule has 1 amide bonds. The molecule has 1 atom stereocenters. The molecule has 1 aliphatic rings. The van der Waals surface area contributed by atoms with E-state index in [-0.39, 0.29) is 11.3 Å². The van der Waals surface area contributed by atoms with E-state index in [9.17, 15) is 14.7 Å². The van der Waals surface area contributed by atoms with Crippen LogP contribution in [0.1, 0.15) is 48.8 Å². The number of benzene rings is 3. The SMILES string of the molecule is CCCCOc1ccc(C2C(C(=O)c3cc4ccccc4o3)=C(O)C(=O)N2c2nc3ccc(OCC)cc3s2)cc1. The lowest BCUT2D eigenvalue weighted by atomic mass is 9.95. The normalized spacial score (nSPS) is 15.3. The standard InChI is InChI=1S/C32H28N2O6S/c1-3-5-16-39-21-12-10-19(11-13-21)28-27(29(35)25-17-20-8-6-7-9-24(20)40-25)30(36)31(37)34(28)32-33-23-15-14-22(38-4-2)18-26(23)41-32/h6-15,17-18,28,36H,3-5,16H2,1-2H3. The number of thiazole rings is 1. The first-order valence-corrected chi connectivity index (χ1v) is 14.4. The second-order valence-corrected chi connectivity index (χ2v) is 10.7. The van der Waals surface area contributed by atoms with Crippen LogP contribution in [0.15, 0.2) is 88.5 Å². The predicted octanol–water partition coefficient (Wildman–Crippen LogP) is 7.40. The molecule has 1 unspecified atom stereocenters. The van der Waals surface area contributed by atoms with Crippen molar-refractivity contribution in [2.24, 2.45) is 0 Å². The number of hydrogen-bond donors (Lipinski definition) is 1. The van der Waals surface area contributed by atoms with E-state index in [4.69, 9.17) is 18.9 Å². The summed E-state index contributed by atoms with van der Waals surface area (Å²) < 4.78 is 18.1. The van der Waals surface area contributed by atoms with Crippen LogP contribution in [0, 0.1) is 0 Å². The molecule has 9 heteroatoms. The van der Waals surface area contributed by atoms with E-state index >= 15 is 0 Å². The number of aliphatic hydroxyl groups is 1. The molecule has 6 rings (SSSR count). The lowest BCUT2D eigenvalue weighted by molar-refractivity contribution is -0.117. The smallest absolute Gasteiger partial charge is 0.296 e. The number of ether oxygens (including phenoxy) is 2. The molecule has 208 valence electrons. The van der Waals surface area contributed by atoms with Gasteiger partial charge in [0, 0.05) is 5.39 Å². The molecule has 3 heterocycles. The van der Waals surface area contributed by atoms with Crippen molar-refractivity contribution in [3.63, 3.8) is 0 Å². The van der Waals surface area contributed by atoms with Gasteiger partial charge in [-0.1, -0.05) is 55.0 Å². The molecule has 2 aromatic heterocycles. The molecule has 0 radical (unpaired) electrons. The van der Waals surface area contributed by atoms with E-state index in [1.807, 2.05) is 43.3 Å². The van der Waals surface area contributed by atoms with Gasteiger partial charge in [-0.25, -0.2) is 4.98 Å². The van der Waals surface area contributed by atoms with E-state index in [0.29, 0.717) is 46.5 Å². The first-order chi connectivity index (χ1) is 20.0. The van der Waals surface area contributed by atoms with Crippen LogP contribution in [0.3, 0.4) is 0 Å². The van der Waals surface area contributed by atoms with Crippen LogP contribution in [0.25, 0.3) is 21.2 Å². The van der Waals surface area contributed by atoms with Crippen LogP contribution in [-0.2, 0) is 4.79 Å². The zero-order valence-electron chi connectivity index (χ0n) is 22.6. The van der Waals surface area contributed by atoms with Gasteiger partial charge in [-0.05, 0) is 61.4 Å². The fraction of sp³-hybridized carbons (Fsp3) is 0.219. The van der Waals surface area contributed by atoms with Crippen molar-refractivity contribution in [2.75, 3.05) is 18.1 Å². The highest BCUT2D eigenvalue weighted by atomic mass is 32.1. The average molecular weight is 569 g/mol. The van der Waals surface area contributed by atoms with Crippen molar-refractivity contribution in [2.45, 2.75) is 32.7 Å². The van der Waals surface area contributed by atoms with Crippen molar-refractivity contribution < 1.29 is 28.6 Å². The number of unbranched alkanes of at least 4 members (excludes halogenated alkanes) is 1. The Kier molecular flexibility index (Phi) is 7.19. The monoisotopic (exact) mass is 568 g/mol. The van der Waals surface area contributed by atoms with Gasteiger partial charge in [0.15, 0.2) is 16.7 Å². The van der Waals surface area contributed by atoms with Crippen molar-refractivity contribution in [1.82, 2.24) is 4.98 Å². The van der Waals surface area contributed by atoms with Crippen LogP contribution in [0.5, 0.6) is 11.5 Å². The predicted molar refractivity (Wildman–Crippen MR) is 158 cm³/mol. The Labute approximate surface area is 240 Å². The molecule has 3 aromatic carbocycles. The van der Waals surface area contributed by atoms with Gasteiger partial charge in [-0.15, -0.1) is 0 Å². The van der Waals surface area contributed by atoms with Crippen LogP contribution in [0.2, 0.25) is 0 Å². The Balaban J connectivity index is 1.43. The van der Waals surface area contributed by atoms with Gasteiger partial charge in [0.05, 0.1) is 35.0 Å². The lowest BCUT2D eigenvalue weighted by Gasteiger charge is -2.24. The molecule has 0 spiro atoms. The number of hydrogen-bond acceptors (Lipinski definition) is 8. The number of nitrogens with zero attached hydrogens (tertiary/aromatic N) is 2.